The summed E-state index contributed by atoms with van der Waals surface area (Å²) in [6.45, 7) is 2.44. The lowest BCUT2D eigenvalue weighted by molar-refractivity contribution is 0.174. The fourth-order valence-corrected chi connectivity index (χ4v) is 2.87. The molecule has 0 saturated carbocycles. The van der Waals surface area contributed by atoms with Gasteiger partial charge in [0.25, 0.3) is 0 Å². The maximum absolute atomic E-state index is 8.91. The normalized spacial score (nSPS) is 13.0. The van der Waals surface area contributed by atoms with Gasteiger partial charge in [0.2, 0.25) is 6.79 Å². The second-order valence-corrected chi connectivity index (χ2v) is 5.00. The summed E-state index contributed by atoms with van der Waals surface area (Å²) in [6.07, 6.45) is 0.597. The number of aliphatic hydroxyl groups excluding tert-OH is 1. The quantitative estimate of drug-likeness (QED) is 0.923. The van der Waals surface area contributed by atoms with Crippen LogP contribution in [-0.4, -0.2) is 23.5 Å². The molecule has 0 spiro atoms. The van der Waals surface area contributed by atoms with Crippen LogP contribution in [-0.2, 0) is 6.42 Å². The summed E-state index contributed by atoms with van der Waals surface area (Å²) < 4.78 is 10.7. The van der Waals surface area contributed by atoms with Crippen molar-refractivity contribution in [2.75, 3.05) is 13.4 Å². The molecule has 0 bridgehead atoms. The van der Waals surface area contributed by atoms with Crippen molar-refractivity contribution in [2.24, 2.45) is 0 Å². The molecule has 0 saturated heterocycles. The molecule has 1 aliphatic heterocycles. The lowest BCUT2D eigenvalue weighted by Crippen LogP contribution is -1.92. The highest BCUT2D eigenvalue weighted by Gasteiger charge is 2.17. The molecule has 2 heterocycles. The number of hydrogen-bond acceptors (Lipinski definition) is 5. The zero-order chi connectivity index (χ0) is 12.5. The first-order valence-electron chi connectivity index (χ1n) is 5.74. The SMILES string of the molecule is Cc1cc2c(cc1-c1nc(CCO)cs1)OCO2. The van der Waals surface area contributed by atoms with E-state index in [4.69, 9.17) is 14.6 Å². The van der Waals surface area contributed by atoms with Gasteiger partial charge in [0.15, 0.2) is 11.5 Å². The monoisotopic (exact) mass is 263 g/mol. The number of hydrogen-bond donors (Lipinski definition) is 1. The number of aromatic nitrogens is 1. The maximum Gasteiger partial charge on any atom is 0.231 e. The Morgan fingerprint density at radius 2 is 2.11 bits per heavy atom. The Bertz CT molecular complexity index is 580. The third-order valence-corrected chi connectivity index (χ3v) is 3.79. The van der Waals surface area contributed by atoms with Gasteiger partial charge in [0.1, 0.15) is 5.01 Å². The van der Waals surface area contributed by atoms with Gasteiger partial charge < -0.3 is 14.6 Å². The molecule has 0 unspecified atom stereocenters. The molecular formula is C13H13NO3S. The van der Waals surface area contributed by atoms with Gasteiger partial charge in [0.05, 0.1) is 5.69 Å². The van der Waals surface area contributed by atoms with Crippen LogP contribution in [0.3, 0.4) is 0 Å². The molecule has 1 N–H and O–H groups in total. The van der Waals surface area contributed by atoms with Gasteiger partial charge in [-0.1, -0.05) is 0 Å². The van der Waals surface area contributed by atoms with Gasteiger partial charge in [-0.05, 0) is 24.6 Å². The Morgan fingerprint density at radius 3 is 2.89 bits per heavy atom. The van der Waals surface area contributed by atoms with Crippen molar-refractivity contribution in [3.05, 3.63) is 28.8 Å². The number of aryl methyl sites for hydroxylation is 1. The number of thiazole rings is 1. The maximum atomic E-state index is 8.91. The van der Waals surface area contributed by atoms with E-state index < -0.39 is 0 Å². The Labute approximate surface area is 109 Å². The van der Waals surface area contributed by atoms with Crippen molar-refractivity contribution in [1.29, 1.82) is 0 Å². The fraction of sp³-hybridized carbons (Fsp3) is 0.308. The summed E-state index contributed by atoms with van der Waals surface area (Å²) in [6, 6.07) is 3.95. The van der Waals surface area contributed by atoms with Crippen molar-refractivity contribution in [3.8, 4) is 22.1 Å². The number of rotatable bonds is 3. The average molecular weight is 263 g/mol. The van der Waals surface area contributed by atoms with Crippen LogP contribution in [0.5, 0.6) is 11.5 Å². The molecule has 94 valence electrons. The van der Waals surface area contributed by atoms with E-state index in [0.717, 1.165) is 33.3 Å². The predicted molar refractivity (Wildman–Crippen MR) is 69.2 cm³/mol. The van der Waals surface area contributed by atoms with Crippen molar-refractivity contribution < 1.29 is 14.6 Å². The van der Waals surface area contributed by atoms with Gasteiger partial charge >= 0.3 is 0 Å². The third-order valence-electron chi connectivity index (χ3n) is 2.87. The van der Waals surface area contributed by atoms with Gasteiger partial charge in [-0.15, -0.1) is 11.3 Å². The molecule has 18 heavy (non-hydrogen) atoms. The third kappa shape index (κ3) is 1.95. The van der Waals surface area contributed by atoms with E-state index in [2.05, 4.69) is 4.98 Å². The van der Waals surface area contributed by atoms with Crippen molar-refractivity contribution in [3.63, 3.8) is 0 Å². The number of fused-ring (bicyclic) bond motifs is 1. The Kier molecular flexibility index (Phi) is 2.93. The largest absolute Gasteiger partial charge is 0.454 e. The molecule has 0 amide bonds. The molecule has 0 atom stereocenters. The van der Waals surface area contributed by atoms with Gasteiger partial charge in [0, 0.05) is 24.0 Å². The second kappa shape index (κ2) is 4.59. The minimum atomic E-state index is 0.128. The lowest BCUT2D eigenvalue weighted by Gasteiger charge is -2.04. The van der Waals surface area contributed by atoms with Gasteiger partial charge in [-0.2, -0.15) is 0 Å². The number of benzene rings is 1. The van der Waals surface area contributed by atoms with Crippen LogP contribution in [0.1, 0.15) is 11.3 Å². The highest BCUT2D eigenvalue weighted by Crippen LogP contribution is 2.39. The smallest absolute Gasteiger partial charge is 0.231 e. The summed E-state index contributed by atoms with van der Waals surface area (Å²) in [5, 5.41) is 11.8. The molecule has 3 rings (SSSR count). The van der Waals surface area contributed by atoms with E-state index in [9.17, 15) is 0 Å². The van der Waals surface area contributed by atoms with Crippen LogP contribution in [0, 0.1) is 6.92 Å². The first-order valence-corrected chi connectivity index (χ1v) is 6.62. The topological polar surface area (TPSA) is 51.6 Å². The second-order valence-electron chi connectivity index (χ2n) is 4.14. The van der Waals surface area contributed by atoms with Crippen LogP contribution in [0.4, 0.5) is 0 Å². The Balaban J connectivity index is 2.00. The molecule has 2 aromatic rings. The van der Waals surface area contributed by atoms with E-state index in [1.165, 1.54) is 0 Å². The van der Waals surface area contributed by atoms with Gasteiger partial charge in [-0.25, -0.2) is 4.98 Å². The lowest BCUT2D eigenvalue weighted by atomic mass is 10.1. The van der Waals surface area contributed by atoms with E-state index >= 15 is 0 Å². The molecule has 4 nitrogen and oxygen atoms in total. The summed E-state index contributed by atoms with van der Waals surface area (Å²) in [4.78, 5) is 4.52. The van der Waals surface area contributed by atoms with Crippen molar-refractivity contribution >= 4 is 11.3 Å². The number of aliphatic hydroxyl groups is 1. The minimum absolute atomic E-state index is 0.128. The molecule has 1 aromatic heterocycles. The molecular weight excluding hydrogens is 250 g/mol. The Hall–Kier alpha value is -1.59. The summed E-state index contributed by atoms with van der Waals surface area (Å²) in [5.74, 6) is 1.57. The zero-order valence-electron chi connectivity index (χ0n) is 9.97. The molecule has 5 heteroatoms. The number of ether oxygens (including phenoxy) is 2. The van der Waals surface area contributed by atoms with E-state index in [0.29, 0.717) is 6.42 Å². The van der Waals surface area contributed by atoms with E-state index in [1.807, 2.05) is 24.4 Å². The predicted octanol–water partition coefficient (Wildman–Crippen LogP) is 2.38. The van der Waals surface area contributed by atoms with E-state index in [-0.39, 0.29) is 13.4 Å². The number of nitrogens with zero attached hydrogens (tertiary/aromatic N) is 1. The molecule has 1 aromatic carbocycles. The summed E-state index contributed by atoms with van der Waals surface area (Å²) in [5.41, 5.74) is 3.10. The highest BCUT2D eigenvalue weighted by atomic mass is 32.1. The summed E-state index contributed by atoms with van der Waals surface area (Å²) >= 11 is 1.58. The van der Waals surface area contributed by atoms with Crippen LogP contribution >= 0.6 is 11.3 Å². The fourth-order valence-electron chi connectivity index (χ4n) is 1.93. The van der Waals surface area contributed by atoms with Crippen LogP contribution in [0.15, 0.2) is 17.5 Å². The first kappa shape index (κ1) is 11.5. The van der Waals surface area contributed by atoms with Gasteiger partial charge in [-0.3, -0.25) is 0 Å². The molecule has 0 fully saturated rings. The Morgan fingerprint density at radius 1 is 1.33 bits per heavy atom. The first-order chi connectivity index (χ1) is 8.78. The van der Waals surface area contributed by atoms with Crippen LogP contribution in [0.2, 0.25) is 0 Å². The van der Waals surface area contributed by atoms with Crippen LogP contribution < -0.4 is 9.47 Å². The highest BCUT2D eigenvalue weighted by molar-refractivity contribution is 7.13. The van der Waals surface area contributed by atoms with Crippen molar-refractivity contribution in [2.45, 2.75) is 13.3 Å². The average Bonchev–Trinajstić information content (AvgIpc) is 2.96. The molecule has 1 aliphatic rings. The zero-order valence-corrected chi connectivity index (χ0v) is 10.8. The summed E-state index contributed by atoms with van der Waals surface area (Å²) in [7, 11) is 0. The molecule has 0 aliphatic carbocycles. The van der Waals surface area contributed by atoms with E-state index in [1.54, 1.807) is 11.3 Å². The molecule has 0 radical (unpaired) electrons. The minimum Gasteiger partial charge on any atom is -0.454 e. The standard InChI is InChI=1S/C13H13NO3S/c1-8-4-11-12(17-7-16-11)5-10(8)13-14-9(2-3-15)6-18-13/h4-6,15H,2-3,7H2,1H3. The van der Waals surface area contributed by atoms with Crippen LogP contribution in [0.25, 0.3) is 10.6 Å². The van der Waals surface area contributed by atoms with Crippen molar-refractivity contribution in [1.82, 2.24) is 4.98 Å².